The Labute approximate surface area is 185 Å². The van der Waals surface area contributed by atoms with Crippen molar-refractivity contribution in [3.63, 3.8) is 0 Å². The Morgan fingerprint density at radius 1 is 0.742 bits per heavy atom. The molecular weight excluding hydrogens is 384 g/mol. The predicted octanol–water partition coefficient (Wildman–Crippen LogP) is 5.93. The fourth-order valence-corrected chi connectivity index (χ4v) is 5.21. The second kappa shape index (κ2) is 8.23. The van der Waals surface area contributed by atoms with Crippen LogP contribution >= 0.6 is 0 Å². The van der Waals surface area contributed by atoms with Crippen molar-refractivity contribution >= 4 is 0 Å². The van der Waals surface area contributed by atoms with Gasteiger partial charge in [0.2, 0.25) is 0 Å². The largest absolute Gasteiger partial charge is 0.360 e. The van der Waals surface area contributed by atoms with E-state index in [9.17, 15) is 0 Å². The van der Waals surface area contributed by atoms with E-state index in [1.54, 1.807) is 0 Å². The summed E-state index contributed by atoms with van der Waals surface area (Å²) in [5.41, 5.74) is 2.71. The number of benzene rings is 3. The Morgan fingerprint density at radius 2 is 1.23 bits per heavy atom. The molecule has 1 aliphatic heterocycles. The van der Waals surface area contributed by atoms with Gasteiger partial charge in [-0.3, -0.25) is 0 Å². The minimum absolute atomic E-state index is 0.0926. The quantitative estimate of drug-likeness (QED) is 0.468. The maximum atomic E-state index is 7.01. The summed E-state index contributed by atoms with van der Waals surface area (Å²) in [4.78, 5) is 0. The molecule has 3 aromatic carbocycles. The van der Waals surface area contributed by atoms with E-state index in [4.69, 9.17) is 14.2 Å². The van der Waals surface area contributed by atoms with Crippen LogP contribution in [0, 0.1) is 5.92 Å². The van der Waals surface area contributed by atoms with Gasteiger partial charge in [0.25, 0.3) is 0 Å². The molecular formula is C28H30O3. The average molecular weight is 415 g/mol. The molecule has 1 heterocycles. The summed E-state index contributed by atoms with van der Waals surface area (Å²) in [6.07, 6.45) is 2.34. The zero-order valence-corrected chi connectivity index (χ0v) is 18.2. The van der Waals surface area contributed by atoms with Gasteiger partial charge >= 0.3 is 0 Å². The maximum Gasteiger partial charge on any atom is 0.163 e. The monoisotopic (exact) mass is 414 g/mol. The summed E-state index contributed by atoms with van der Waals surface area (Å²) in [6, 6.07) is 31.6. The molecule has 1 aliphatic carbocycles. The summed E-state index contributed by atoms with van der Waals surface area (Å²) in [7, 11) is 0. The lowest BCUT2D eigenvalue weighted by molar-refractivity contribution is -0.160. The topological polar surface area (TPSA) is 27.7 Å². The van der Waals surface area contributed by atoms with Gasteiger partial charge in [-0.25, -0.2) is 0 Å². The van der Waals surface area contributed by atoms with Crippen LogP contribution in [0.3, 0.4) is 0 Å². The van der Waals surface area contributed by atoms with Crippen molar-refractivity contribution in [3.05, 3.63) is 108 Å². The summed E-state index contributed by atoms with van der Waals surface area (Å²) in [6.45, 7) is 4.62. The molecule has 3 nitrogen and oxygen atoms in total. The van der Waals surface area contributed by atoms with Gasteiger partial charge in [0.15, 0.2) is 5.79 Å². The first-order chi connectivity index (χ1) is 15.1. The highest BCUT2D eigenvalue weighted by Crippen LogP contribution is 2.45. The van der Waals surface area contributed by atoms with Crippen LogP contribution in [0.25, 0.3) is 0 Å². The lowest BCUT2D eigenvalue weighted by atomic mass is 9.80. The Kier molecular flexibility index (Phi) is 5.43. The van der Waals surface area contributed by atoms with Crippen LogP contribution in [0.15, 0.2) is 91.0 Å². The molecule has 0 spiro atoms. The highest BCUT2D eigenvalue weighted by Gasteiger charge is 2.50. The van der Waals surface area contributed by atoms with Gasteiger partial charge in [0, 0.05) is 5.92 Å². The van der Waals surface area contributed by atoms with Gasteiger partial charge in [-0.15, -0.1) is 0 Å². The Morgan fingerprint density at radius 3 is 1.71 bits per heavy atom. The summed E-state index contributed by atoms with van der Waals surface area (Å²) in [5, 5.41) is 0. The van der Waals surface area contributed by atoms with E-state index in [1.165, 1.54) is 0 Å². The van der Waals surface area contributed by atoms with Crippen molar-refractivity contribution in [2.24, 2.45) is 5.92 Å². The van der Waals surface area contributed by atoms with E-state index < -0.39 is 11.4 Å². The van der Waals surface area contributed by atoms with Crippen LogP contribution in [0.2, 0.25) is 0 Å². The Hall–Kier alpha value is -2.46. The molecule has 1 saturated carbocycles. The molecule has 3 heteroatoms. The molecule has 160 valence electrons. The van der Waals surface area contributed by atoms with Gasteiger partial charge in [-0.2, -0.15) is 0 Å². The molecule has 0 radical (unpaired) electrons. The molecule has 2 fully saturated rings. The highest BCUT2D eigenvalue weighted by molar-refractivity contribution is 5.47. The van der Waals surface area contributed by atoms with Crippen molar-refractivity contribution in [1.82, 2.24) is 0 Å². The molecule has 3 aromatic rings. The molecule has 2 aliphatic rings. The summed E-state index contributed by atoms with van der Waals surface area (Å²) in [5.74, 6) is -0.203. The average Bonchev–Trinajstić information content (AvgIpc) is 3.31. The minimum atomic E-state index is -0.684. The third-order valence-corrected chi connectivity index (χ3v) is 6.56. The zero-order valence-electron chi connectivity index (χ0n) is 18.2. The summed E-state index contributed by atoms with van der Waals surface area (Å²) >= 11 is 0. The second-order valence-electron chi connectivity index (χ2n) is 9.07. The zero-order chi connectivity index (χ0) is 21.3. The lowest BCUT2D eigenvalue weighted by Gasteiger charge is -2.37. The number of rotatable bonds is 6. The third-order valence-electron chi connectivity index (χ3n) is 6.56. The normalized spacial score (nSPS) is 24.8. The van der Waals surface area contributed by atoms with Crippen molar-refractivity contribution in [1.29, 1.82) is 0 Å². The van der Waals surface area contributed by atoms with Gasteiger partial charge < -0.3 is 14.2 Å². The van der Waals surface area contributed by atoms with E-state index in [0.717, 1.165) is 29.5 Å². The van der Waals surface area contributed by atoms with Crippen LogP contribution in [-0.4, -0.2) is 24.6 Å². The second-order valence-corrected chi connectivity index (χ2v) is 9.07. The molecule has 0 bridgehead atoms. The van der Waals surface area contributed by atoms with Crippen LogP contribution < -0.4 is 0 Å². The molecule has 0 unspecified atom stereocenters. The highest BCUT2D eigenvalue weighted by atomic mass is 16.8. The van der Waals surface area contributed by atoms with E-state index in [0.29, 0.717) is 12.5 Å². The molecule has 1 saturated heterocycles. The smallest absolute Gasteiger partial charge is 0.163 e. The van der Waals surface area contributed by atoms with Gasteiger partial charge in [0.05, 0.1) is 18.8 Å². The third kappa shape index (κ3) is 3.82. The van der Waals surface area contributed by atoms with Crippen molar-refractivity contribution < 1.29 is 14.2 Å². The molecule has 31 heavy (non-hydrogen) atoms. The van der Waals surface area contributed by atoms with Gasteiger partial charge in [0.1, 0.15) is 5.60 Å². The van der Waals surface area contributed by atoms with E-state index in [-0.39, 0.29) is 12.2 Å². The number of hydrogen-bond donors (Lipinski definition) is 0. The van der Waals surface area contributed by atoms with Gasteiger partial charge in [-0.05, 0) is 43.4 Å². The summed E-state index contributed by atoms with van der Waals surface area (Å²) < 4.78 is 19.4. The standard InChI is InChI=1S/C28H30O3/c1-27(2)30-25-19-18-21(26(25)31-27)20-29-28(22-12-6-3-7-13-22,23-14-8-4-9-15-23)24-16-10-5-11-17-24/h3-17,21,25-26H,18-20H2,1-2H3/t21-,25-,26+/m1/s1. The Balaban J connectivity index is 1.55. The fraction of sp³-hybridized carbons (Fsp3) is 0.357. The van der Waals surface area contributed by atoms with Crippen LogP contribution in [0.5, 0.6) is 0 Å². The van der Waals surface area contributed by atoms with Crippen LogP contribution in [-0.2, 0) is 19.8 Å². The molecule has 5 rings (SSSR count). The Bertz CT molecular complexity index is 888. The maximum absolute atomic E-state index is 7.01. The van der Waals surface area contributed by atoms with E-state index in [1.807, 2.05) is 13.8 Å². The number of hydrogen-bond acceptors (Lipinski definition) is 3. The first-order valence-corrected chi connectivity index (χ1v) is 11.2. The minimum Gasteiger partial charge on any atom is -0.360 e. The molecule has 0 aromatic heterocycles. The van der Waals surface area contributed by atoms with Crippen LogP contribution in [0.1, 0.15) is 43.4 Å². The lowest BCUT2D eigenvalue weighted by Crippen LogP contribution is -2.37. The van der Waals surface area contributed by atoms with Crippen LogP contribution in [0.4, 0.5) is 0 Å². The van der Waals surface area contributed by atoms with Crippen molar-refractivity contribution in [3.8, 4) is 0 Å². The SMILES string of the molecule is CC1(C)O[C@H]2[C@@H](COC(c3ccccc3)(c3ccccc3)c3ccccc3)CC[C@H]2O1. The molecule has 3 atom stereocenters. The first-order valence-electron chi connectivity index (χ1n) is 11.2. The number of ether oxygens (including phenoxy) is 3. The number of fused-ring (bicyclic) bond motifs is 1. The fourth-order valence-electron chi connectivity index (χ4n) is 5.21. The van der Waals surface area contributed by atoms with Crippen molar-refractivity contribution in [2.45, 2.75) is 50.3 Å². The van der Waals surface area contributed by atoms with Crippen molar-refractivity contribution in [2.75, 3.05) is 6.61 Å². The molecule has 0 N–H and O–H groups in total. The van der Waals surface area contributed by atoms with Gasteiger partial charge in [-0.1, -0.05) is 91.0 Å². The predicted molar refractivity (Wildman–Crippen MR) is 122 cm³/mol. The first kappa shape index (κ1) is 20.4. The van der Waals surface area contributed by atoms with E-state index >= 15 is 0 Å². The van der Waals surface area contributed by atoms with E-state index in [2.05, 4.69) is 91.0 Å². The molecule has 0 amide bonds.